The summed E-state index contributed by atoms with van der Waals surface area (Å²) in [6.45, 7) is 3.80. The van der Waals surface area contributed by atoms with Crippen molar-refractivity contribution in [3.63, 3.8) is 0 Å². The lowest BCUT2D eigenvalue weighted by Gasteiger charge is -2.12. The molecular weight excluding hydrogens is 470 g/mol. The number of nitrogens with two attached hydrogens (primary N) is 1. The highest BCUT2D eigenvalue weighted by molar-refractivity contribution is 6.30. The Kier molecular flexibility index (Phi) is 7.02. The van der Waals surface area contributed by atoms with Gasteiger partial charge in [0.25, 0.3) is 11.8 Å². The summed E-state index contributed by atoms with van der Waals surface area (Å²) < 4.78 is 1.60. The highest BCUT2D eigenvalue weighted by Crippen LogP contribution is 2.30. The van der Waals surface area contributed by atoms with E-state index in [1.165, 1.54) is 12.4 Å². The molecule has 0 atom stereocenters. The molecule has 0 aliphatic heterocycles. The number of benzene rings is 1. The van der Waals surface area contributed by atoms with Gasteiger partial charge in [0.2, 0.25) is 5.91 Å². The standard InChI is InChI=1S/C24H26ClN7O3/c1-13(2)32-23(29-16-7-8-16)20(22(26)34)21(31-32)24(35)30-18-10-17(11-27-12-18)28-19(33)9-14-3-5-15(25)6-4-14/h3-6,10-13,16,29H,7-9H2,1-2H3,(H2,26,34)(H,28,33)(H,30,35). The van der Waals surface area contributed by atoms with Gasteiger partial charge >= 0.3 is 0 Å². The molecule has 0 spiro atoms. The van der Waals surface area contributed by atoms with Crippen molar-refractivity contribution >= 4 is 46.5 Å². The zero-order valence-corrected chi connectivity index (χ0v) is 20.1. The minimum atomic E-state index is -0.744. The van der Waals surface area contributed by atoms with Crippen LogP contribution in [0.4, 0.5) is 17.2 Å². The molecule has 1 aliphatic carbocycles. The van der Waals surface area contributed by atoms with Gasteiger partial charge < -0.3 is 21.7 Å². The molecule has 1 aromatic carbocycles. The van der Waals surface area contributed by atoms with E-state index in [2.05, 4.69) is 26.0 Å². The van der Waals surface area contributed by atoms with Crippen LogP contribution in [0.1, 0.15) is 59.1 Å². The first kappa shape index (κ1) is 24.2. The topological polar surface area (TPSA) is 144 Å². The van der Waals surface area contributed by atoms with Gasteiger partial charge in [-0.3, -0.25) is 19.4 Å². The van der Waals surface area contributed by atoms with E-state index in [0.717, 1.165) is 18.4 Å². The van der Waals surface area contributed by atoms with E-state index < -0.39 is 11.8 Å². The van der Waals surface area contributed by atoms with Crippen LogP contribution in [0.25, 0.3) is 0 Å². The predicted molar refractivity (Wildman–Crippen MR) is 134 cm³/mol. The van der Waals surface area contributed by atoms with Gasteiger partial charge in [0.05, 0.1) is 30.2 Å². The fraction of sp³-hybridized carbons (Fsp3) is 0.292. The lowest BCUT2D eigenvalue weighted by molar-refractivity contribution is -0.115. The normalized spacial score (nSPS) is 12.9. The maximum absolute atomic E-state index is 13.1. The van der Waals surface area contributed by atoms with Gasteiger partial charge in [-0.25, -0.2) is 4.68 Å². The first-order chi connectivity index (χ1) is 16.7. The molecule has 1 saturated carbocycles. The molecular formula is C24H26ClN7O3. The average molecular weight is 496 g/mol. The Hall–Kier alpha value is -3.92. The molecule has 2 heterocycles. The Morgan fingerprint density at radius 2 is 1.77 bits per heavy atom. The number of nitrogens with zero attached hydrogens (tertiary/aromatic N) is 3. The summed E-state index contributed by atoms with van der Waals surface area (Å²) >= 11 is 5.88. The molecule has 0 unspecified atom stereocenters. The number of amides is 3. The summed E-state index contributed by atoms with van der Waals surface area (Å²) in [5.41, 5.74) is 7.13. The van der Waals surface area contributed by atoms with Crippen molar-refractivity contribution in [1.29, 1.82) is 0 Å². The second kappa shape index (κ2) is 10.1. The highest BCUT2D eigenvalue weighted by atomic mass is 35.5. The zero-order chi connectivity index (χ0) is 25.1. The minimum Gasteiger partial charge on any atom is -0.367 e. The van der Waals surface area contributed by atoms with Crippen molar-refractivity contribution < 1.29 is 14.4 Å². The van der Waals surface area contributed by atoms with Gasteiger partial charge in [0, 0.05) is 17.1 Å². The van der Waals surface area contributed by atoms with E-state index in [1.54, 1.807) is 35.0 Å². The largest absolute Gasteiger partial charge is 0.367 e. The van der Waals surface area contributed by atoms with Crippen molar-refractivity contribution in [2.45, 2.75) is 45.2 Å². The highest BCUT2D eigenvalue weighted by Gasteiger charge is 2.31. The molecule has 10 nitrogen and oxygen atoms in total. The van der Waals surface area contributed by atoms with Gasteiger partial charge in [0.15, 0.2) is 5.69 Å². The van der Waals surface area contributed by atoms with E-state index in [4.69, 9.17) is 17.3 Å². The van der Waals surface area contributed by atoms with Crippen molar-refractivity contribution in [2.75, 3.05) is 16.0 Å². The predicted octanol–water partition coefficient (Wildman–Crippen LogP) is 3.62. The summed E-state index contributed by atoms with van der Waals surface area (Å²) in [4.78, 5) is 41.8. The number of rotatable bonds is 9. The summed E-state index contributed by atoms with van der Waals surface area (Å²) in [5.74, 6) is -1.16. The number of anilines is 3. The Morgan fingerprint density at radius 3 is 2.37 bits per heavy atom. The lowest BCUT2D eigenvalue weighted by atomic mass is 10.1. The zero-order valence-electron chi connectivity index (χ0n) is 19.3. The van der Waals surface area contributed by atoms with E-state index >= 15 is 0 Å². The first-order valence-electron chi connectivity index (χ1n) is 11.2. The van der Waals surface area contributed by atoms with Crippen LogP contribution < -0.4 is 21.7 Å². The van der Waals surface area contributed by atoms with Crippen molar-refractivity contribution in [2.24, 2.45) is 5.73 Å². The molecule has 3 aromatic rings. The van der Waals surface area contributed by atoms with Gasteiger partial charge in [0.1, 0.15) is 11.4 Å². The van der Waals surface area contributed by atoms with Gasteiger partial charge in [-0.1, -0.05) is 23.7 Å². The number of hydrogen-bond donors (Lipinski definition) is 4. The van der Waals surface area contributed by atoms with Crippen LogP contribution in [-0.2, 0) is 11.2 Å². The van der Waals surface area contributed by atoms with Crippen LogP contribution >= 0.6 is 11.6 Å². The van der Waals surface area contributed by atoms with E-state index in [-0.39, 0.29) is 35.7 Å². The van der Waals surface area contributed by atoms with E-state index in [0.29, 0.717) is 22.2 Å². The average Bonchev–Trinajstić information content (AvgIpc) is 3.52. The third kappa shape index (κ3) is 5.96. The van der Waals surface area contributed by atoms with Crippen LogP contribution in [0.3, 0.4) is 0 Å². The molecule has 0 saturated heterocycles. The number of hydrogen-bond acceptors (Lipinski definition) is 6. The third-order valence-corrected chi connectivity index (χ3v) is 5.59. The van der Waals surface area contributed by atoms with Gasteiger partial charge in [-0.2, -0.15) is 5.10 Å². The number of carbonyl (C=O) groups excluding carboxylic acids is 3. The maximum atomic E-state index is 13.1. The molecule has 3 amide bonds. The fourth-order valence-corrected chi connectivity index (χ4v) is 3.65. The summed E-state index contributed by atoms with van der Waals surface area (Å²) in [6.07, 6.45) is 5.00. The molecule has 1 aliphatic rings. The number of primary amides is 1. The van der Waals surface area contributed by atoms with Crippen LogP contribution in [0, 0.1) is 0 Å². The maximum Gasteiger partial charge on any atom is 0.277 e. The Balaban J connectivity index is 1.50. The second-order valence-corrected chi connectivity index (χ2v) is 9.10. The summed E-state index contributed by atoms with van der Waals surface area (Å²) in [5, 5.41) is 13.7. The molecule has 5 N–H and O–H groups in total. The van der Waals surface area contributed by atoms with Gasteiger partial charge in [-0.05, 0) is 50.5 Å². The minimum absolute atomic E-state index is 0.0449. The molecule has 2 aromatic heterocycles. The molecule has 11 heteroatoms. The van der Waals surface area contributed by atoms with Crippen LogP contribution in [0.5, 0.6) is 0 Å². The smallest absolute Gasteiger partial charge is 0.277 e. The van der Waals surface area contributed by atoms with E-state index in [9.17, 15) is 14.4 Å². The van der Waals surface area contributed by atoms with Gasteiger partial charge in [-0.15, -0.1) is 0 Å². The van der Waals surface area contributed by atoms with E-state index in [1.807, 2.05) is 13.8 Å². The molecule has 0 radical (unpaired) electrons. The second-order valence-electron chi connectivity index (χ2n) is 8.66. The van der Waals surface area contributed by atoms with Crippen molar-refractivity contribution in [1.82, 2.24) is 14.8 Å². The Labute approximate surface area is 207 Å². The third-order valence-electron chi connectivity index (χ3n) is 5.34. The van der Waals surface area contributed by atoms with Crippen molar-refractivity contribution in [3.8, 4) is 0 Å². The quantitative estimate of drug-likeness (QED) is 0.357. The van der Waals surface area contributed by atoms with Crippen LogP contribution in [0.15, 0.2) is 42.7 Å². The number of pyridine rings is 1. The first-order valence-corrected chi connectivity index (χ1v) is 11.6. The number of nitrogens with one attached hydrogen (secondary N) is 3. The monoisotopic (exact) mass is 495 g/mol. The van der Waals surface area contributed by atoms with Crippen LogP contribution in [-0.4, -0.2) is 38.5 Å². The summed E-state index contributed by atoms with van der Waals surface area (Å²) in [7, 11) is 0. The lowest BCUT2D eigenvalue weighted by Crippen LogP contribution is -2.21. The number of halogens is 1. The van der Waals surface area contributed by atoms with Crippen molar-refractivity contribution in [3.05, 3.63) is 64.6 Å². The molecule has 35 heavy (non-hydrogen) atoms. The molecule has 1 fully saturated rings. The number of carbonyl (C=O) groups is 3. The number of aromatic nitrogens is 3. The molecule has 4 rings (SSSR count). The molecule has 182 valence electrons. The molecule has 0 bridgehead atoms. The SMILES string of the molecule is CC(C)n1nc(C(=O)Nc2cncc(NC(=O)Cc3ccc(Cl)cc3)c2)c(C(N)=O)c1NC1CC1. The Morgan fingerprint density at radius 1 is 1.11 bits per heavy atom. The van der Waals surface area contributed by atoms with Crippen LogP contribution in [0.2, 0.25) is 5.02 Å². The Bertz CT molecular complexity index is 1270. The summed E-state index contributed by atoms with van der Waals surface area (Å²) in [6, 6.07) is 8.68. The fourth-order valence-electron chi connectivity index (χ4n) is 3.52.